The Balaban J connectivity index is 2.10. The van der Waals surface area contributed by atoms with Crippen molar-refractivity contribution in [3.05, 3.63) is 52.2 Å². The molecule has 2 aromatic rings. The predicted molar refractivity (Wildman–Crippen MR) is 87.4 cm³/mol. The van der Waals surface area contributed by atoms with Gasteiger partial charge in [0, 0.05) is 30.0 Å². The number of thiophene rings is 1. The average Bonchev–Trinajstić information content (AvgIpc) is 2.97. The fourth-order valence-electron chi connectivity index (χ4n) is 2.05. The van der Waals surface area contributed by atoms with E-state index in [9.17, 15) is 13.2 Å². The van der Waals surface area contributed by atoms with E-state index in [4.69, 9.17) is 5.14 Å². The molecule has 0 saturated heterocycles. The number of likely N-dealkylation sites (N-methyl/N-ethyl adjacent to an activating group) is 1. The second-order valence-corrected chi connectivity index (χ2v) is 7.71. The highest BCUT2D eigenvalue weighted by Crippen LogP contribution is 2.16. The molecule has 0 radical (unpaired) electrons. The van der Waals surface area contributed by atoms with Crippen molar-refractivity contribution in [3.63, 3.8) is 0 Å². The van der Waals surface area contributed by atoms with Crippen LogP contribution in [-0.2, 0) is 16.4 Å². The summed E-state index contributed by atoms with van der Waals surface area (Å²) in [7, 11) is -2.00. The number of nitrogens with zero attached hydrogens (tertiary/aromatic N) is 1. The molecular formula is C15H18N2O3S2. The molecule has 0 aliphatic rings. The van der Waals surface area contributed by atoms with Gasteiger partial charge in [0.05, 0.1) is 4.90 Å². The number of hydrogen-bond acceptors (Lipinski definition) is 4. The van der Waals surface area contributed by atoms with Crippen molar-refractivity contribution in [3.8, 4) is 0 Å². The molecule has 0 spiro atoms. The van der Waals surface area contributed by atoms with Crippen LogP contribution in [0, 0.1) is 0 Å². The minimum Gasteiger partial charge on any atom is -0.339 e. The summed E-state index contributed by atoms with van der Waals surface area (Å²) in [5.41, 5.74) is 0.438. The molecule has 0 bridgehead atoms. The van der Waals surface area contributed by atoms with E-state index in [1.807, 2.05) is 24.4 Å². The molecule has 5 nitrogen and oxygen atoms in total. The zero-order valence-corrected chi connectivity index (χ0v) is 14.0. The third kappa shape index (κ3) is 3.94. The van der Waals surface area contributed by atoms with Crippen LogP contribution in [0.3, 0.4) is 0 Å². The van der Waals surface area contributed by atoms with Gasteiger partial charge in [0.2, 0.25) is 10.0 Å². The highest BCUT2D eigenvalue weighted by Gasteiger charge is 2.19. The van der Waals surface area contributed by atoms with Gasteiger partial charge in [0.1, 0.15) is 0 Å². The molecule has 7 heteroatoms. The summed E-state index contributed by atoms with van der Waals surface area (Å²) >= 11 is 1.66. The lowest BCUT2D eigenvalue weighted by atomic mass is 10.1. The number of carbonyl (C=O) groups is 1. The van der Waals surface area contributed by atoms with Crippen LogP contribution < -0.4 is 5.14 Å². The quantitative estimate of drug-likeness (QED) is 0.906. The van der Waals surface area contributed by atoms with Crippen LogP contribution in [0.1, 0.15) is 22.2 Å². The molecule has 0 saturated carbocycles. The maximum Gasteiger partial charge on any atom is 0.253 e. The van der Waals surface area contributed by atoms with Gasteiger partial charge in [-0.15, -0.1) is 11.3 Å². The normalized spacial score (nSPS) is 12.9. The average molecular weight is 338 g/mol. The monoisotopic (exact) mass is 338 g/mol. The van der Waals surface area contributed by atoms with Crippen molar-refractivity contribution >= 4 is 27.3 Å². The molecule has 2 rings (SSSR count). The Morgan fingerprint density at radius 1 is 1.27 bits per heavy atom. The number of sulfonamides is 1. The standard InChI is InChI=1S/C15H18N2O3S2/c1-11(10-13-4-3-9-21-13)17(2)15(18)12-5-7-14(8-6-12)22(16,19)20/h3-9,11H,10H2,1-2H3,(H2,16,19,20). The van der Waals surface area contributed by atoms with Crippen LogP contribution in [0.4, 0.5) is 0 Å². The number of amides is 1. The Morgan fingerprint density at radius 3 is 2.41 bits per heavy atom. The van der Waals surface area contributed by atoms with Crippen molar-refractivity contribution in [2.75, 3.05) is 7.05 Å². The fraction of sp³-hybridized carbons (Fsp3) is 0.267. The van der Waals surface area contributed by atoms with Crippen molar-refractivity contribution < 1.29 is 13.2 Å². The van der Waals surface area contributed by atoms with Gasteiger partial charge in [-0.2, -0.15) is 0 Å². The number of benzene rings is 1. The summed E-state index contributed by atoms with van der Waals surface area (Å²) in [5.74, 6) is -0.148. The number of nitrogens with two attached hydrogens (primary N) is 1. The summed E-state index contributed by atoms with van der Waals surface area (Å²) < 4.78 is 22.4. The summed E-state index contributed by atoms with van der Waals surface area (Å²) in [6.45, 7) is 1.98. The Morgan fingerprint density at radius 2 is 1.91 bits per heavy atom. The summed E-state index contributed by atoms with van der Waals surface area (Å²) in [4.78, 5) is 15.3. The van der Waals surface area contributed by atoms with Crippen molar-refractivity contribution in [2.45, 2.75) is 24.3 Å². The zero-order valence-electron chi connectivity index (χ0n) is 12.4. The smallest absolute Gasteiger partial charge is 0.253 e. The molecule has 0 fully saturated rings. The molecule has 1 heterocycles. The molecule has 22 heavy (non-hydrogen) atoms. The van der Waals surface area contributed by atoms with Gasteiger partial charge in [0.25, 0.3) is 5.91 Å². The van der Waals surface area contributed by atoms with E-state index in [2.05, 4.69) is 0 Å². The molecule has 2 N–H and O–H groups in total. The lowest BCUT2D eigenvalue weighted by Crippen LogP contribution is -2.36. The van der Waals surface area contributed by atoms with Crippen molar-refractivity contribution in [2.24, 2.45) is 5.14 Å². The number of carbonyl (C=O) groups excluding carboxylic acids is 1. The van der Waals surface area contributed by atoms with Crippen LogP contribution in [0.5, 0.6) is 0 Å². The van der Waals surface area contributed by atoms with Gasteiger partial charge < -0.3 is 4.90 Å². The van der Waals surface area contributed by atoms with Gasteiger partial charge in [0.15, 0.2) is 0 Å². The van der Waals surface area contributed by atoms with Crippen molar-refractivity contribution in [1.82, 2.24) is 4.90 Å². The van der Waals surface area contributed by atoms with Crippen LogP contribution in [-0.4, -0.2) is 32.3 Å². The molecule has 1 unspecified atom stereocenters. The maximum absolute atomic E-state index is 12.4. The van der Waals surface area contributed by atoms with Crippen LogP contribution >= 0.6 is 11.3 Å². The second-order valence-electron chi connectivity index (χ2n) is 5.12. The first kappa shape index (κ1) is 16.7. The van der Waals surface area contributed by atoms with Crippen LogP contribution in [0.25, 0.3) is 0 Å². The largest absolute Gasteiger partial charge is 0.339 e. The predicted octanol–water partition coefficient (Wildman–Crippen LogP) is 2.10. The molecule has 118 valence electrons. The minimum absolute atomic E-state index is 0.00154. The Kier molecular flexibility index (Phi) is 5.00. The van der Waals surface area contributed by atoms with Crippen LogP contribution in [0.2, 0.25) is 0 Å². The molecule has 1 aromatic carbocycles. The summed E-state index contributed by atoms with van der Waals surface area (Å²) in [5, 5.41) is 7.05. The Labute approximate surface area is 134 Å². The first-order chi connectivity index (χ1) is 10.3. The van der Waals surface area contributed by atoms with Gasteiger partial charge in [-0.3, -0.25) is 4.79 Å². The minimum atomic E-state index is -3.74. The summed E-state index contributed by atoms with van der Waals surface area (Å²) in [6, 6.07) is 9.73. The van der Waals surface area contributed by atoms with Crippen molar-refractivity contribution in [1.29, 1.82) is 0 Å². The lowest BCUT2D eigenvalue weighted by molar-refractivity contribution is 0.0744. The van der Waals surface area contributed by atoms with Gasteiger partial charge in [-0.1, -0.05) is 6.07 Å². The third-order valence-corrected chi connectivity index (χ3v) is 5.32. The molecule has 0 aliphatic carbocycles. The lowest BCUT2D eigenvalue weighted by Gasteiger charge is -2.24. The van der Waals surface area contributed by atoms with E-state index in [-0.39, 0.29) is 16.8 Å². The first-order valence-corrected chi connectivity index (χ1v) is 9.14. The van der Waals surface area contributed by atoms with E-state index in [1.165, 1.54) is 29.1 Å². The molecule has 0 aliphatic heterocycles. The number of hydrogen-bond donors (Lipinski definition) is 1. The zero-order chi connectivity index (χ0) is 16.3. The molecular weight excluding hydrogens is 320 g/mol. The Bertz CT molecular complexity index is 738. The van der Waals surface area contributed by atoms with E-state index >= 15 is 0 Å². The van der Waals surface area contributed by atoms with E-state index in [0.717, 1.165) is 6.42 Å². The molecule has 1 amide bonds. The topological polar surface area (TPSA) is 80.5 Å². The second kappa shape index (κ2) is 6.60. The SMILES string of the molecule is CC(Cc1cccs1)N(C)C(=O)c1ccc(S(N)(=O)=O)cc1. The van der Waals surface area contributed by atoms with E-state index in [1.54, 1.807) is 23.3 Å². The fourth-order valence-corrected chi connectivity index (χ4v) is 3.39. The van der Waals surface area contributed by atoms with E-state index < -0.39 is 10.0 Å². The highest BCUT2D eigenvalue weighted by atomic mass is 32.2. The van der Waals surface area contributed by atoms with Gasteiger partial charge in [-0.05, 0) is 42.6 Å². The maximum atomic E-state index is 12.4. The number of rotatable bonds is 5. The Hall–Kier alpha value is -1.70. The first-order valence-electron chi connectivity index (χ1n) is 6.71. The third-order valence-electron chi connectivity index (χ3n) is 3.49. The highest BCUT2D eigenvalue weighted by molar-refractivity contribution is 7.89. The van der Waals surface area contributed by atoms with Crippen LogP contribution in [0.15, 0.2) is 46.7 Å². The van der Waals surface area contributed by atoms with Gasteiger partial charge >= 0.3 is 0 Å². The van der Waals surface area contributed by atoms with Gasteiger partial charge in [-0.25, -0.2) is 13.6 Å². The van der Waals surface area contributed by atoms with E-state index in [0.29, 0.717) is 5.56 Å². The summed E-state index contributed by atoms with van der Waals surface area (Å²) in [6.07, 6.45) is 0.787. The molecule has 1 aromatic heterocycles. The molecule has 1 atom stereocenters. The number of primary sulfonamides is 1.